The minimum absolute atomic E-state index is 0.671. The second-order valence-corrected chi connectivity index (χ2v) is 5.16. The van der Waals surface area contributed by atoms with Gasteiger partial charge in [-0.25, -0.2) is 8.42 Å². The van der Waals surface area contributed by atoms with Crippen LogP contribution in [0.2, 0.25) is 0 Å². The zero-order valence-electron chi connectivity index (χ0n) is 8.40. The predicted molar refractivity (Wildman–Crippen MR) is 58.7 cm³/mol. The summed E-state index contributed by atoms with van der Waals surface area (Å²) in [5.74, 6) is 0. The van der Waals surface area contributed by atoms with Crippen LogP contribution >= 0.6 is 0 Å². The van der Waals surface area contributed by atoms with Crippen molar-refractivity contribution in [3.63, 3.8) is 0 Å². The Labute approximate surface area is 85.4 Å². The molecule has 77 valence electrons. The lowest BCUT2D eigenvalue weighted by atomic mass is 10.1. The van der Waals surface area contributed by atoms with E-state index >= 15 is 0 Å². The van der Waals surface area contributed by atoms with E-state index in [1.54, 1.807) is 12.1 Å². The maximum absolute atomic E-state index is 11.2. The molecule has 0 spiro atoms. The van der Waals surface area contributed by atoms with Crippen molar-refractivity contribution in [2.24, 2.45) is 0 Å². The van der Waals surface area contributed by atoms with Crippen LogP contribution in [-0.4, -0.2) is 21.7 Å². The number of nitrogens with zero attached hydrogens (tertiary/aromatic N) is 1. The van der Waals surface area contributed by atoms with Gasteiger partial charge in [-0.3, -0.25) is 4.31 Å². The highest BCUT2D eigenvalue weighted by Gasteiger charge is 2.10. The monoisotopic (exact) mass is 212 g/mol. The van der Waals surface area contributed by atoms with Crippen molar-refractivity contribution in [3.8, 4) is 0 Å². The van der Waals surface area contributed by atoms with E-state index in [1.165, 1.54) is 17.6 Å². The molecular formula is C10H14NO2S. The van der Waals surface area contributed by atoms with Crippen LogP contribution in [0.3, 0.4) is 0 Å². The summed E-state index contributed by atoms with van der Waals surface area (Å²) in [6.45, 7) is 3.75. The Morgan fingerprint density at radius 2 is 1.79 bits per heavy atom. The van der Waals surface area contributed by atoms with Crippen molar-refractivity contribution < 1.29 is 8.42 Å². The van der Waals surface area contributed by atoms with E-state index in [-0.39, 0.29) is 0 Å². The molecule has 1 aromatic rings. The van der Waals surface area contributed by atoms with Crippen molar-refractivity contribution >= 4 is 15.7 Å². The van der Waals surface area contributed by atoms with E-state index in [4.69, 9.17) is 0 Å². The lowest BCUT2D eigenvalue weighted by Crippen LogP contribution is -2.24. The van der Waals surface area contributed by atoms with Crippen LogP contribution in [0.1, 0.15) is 5.56 Å². The molecule has 0 aliphatic rings. The van der Waals surface area contributed by atoms with Crippen molar-refractivity contribution in [2.75, 3.05) is 17.6 Å². The van der Waals surface area contributed by atoms with Gasteiger partial charge in [0.15, 0.2) is 0 Å². The Kier molecular flexibility index (Phi) is 3.16. The zero-order valence-corrected chi connectivity index (χ0v) is 9.21. The van der Waals surface area contributed by atoms with Gasteiger partial charge in [-0.05, 0) is 31.0 Å². The van der Waals surface area contributed by atoms with Crippen molar-refractivity contribution in [1.82, 2.24) is 0 Å². The number of benzene rings is 1. The van der Waals surface area contributed by atoms with Gasteiger partial charge >= 0.3 is 0 Å². The first kappa shape index (κ1) is 11.0. The summed E-state index contributed by atoms with van der Waals surface area (Å²) in [4.78, 5) is 0. The lowest BCUT2D eigenvalue weighted by Gasteiger charge is -2.16. The Morgan fingerprint density at radius 1 is 1.29 bits per heavy atom. The smallest absolute Gasteiger partial charge is 0.231 e. The number of anilines is 1. The first-order valence-corrected chi connectivity index (χ1v) is 6.12. The van der Waals surface area contributed by atoms with E-state index in [0.717, 1.165) is 5.56 Å². The highest BCUT2D eigenvalue weighted by molar-refractivity contribution is 7.92. The Hall–Kier alpha value is -1.03. The van der Waals surface area contributed by atoms with Crippen LogP contribution in [0.5, 0.6) is 0 Å². The van der Waals surface area contributed by atoms with Gasteiger partial charge in [0.05, 0.1) is 11.9 Å². The summed E-state index contributed by atoms with van der Waals surface area (Å²) in [5.41, 5.74) is 1.76. The van der Waals surface area contributed by atoms with Crippen LogP contribution < -0.4 is 4.31 Å². The minimum Gasteiger partial charge on any atom is -0.274 e. The van der Waals surface area contributed by atoms with E-state index in [1.807, 2.05) is 12.1 Å². The normalized spacial score (nSPS) is 11.4. The van der Waals surface area contributed by atoms with Gasteiger partial charge in [0.1, 0.15) is 0 Å². The molecule has 0 amide bonds. The zero-order chi connectivity index (χ0) is 10.8. The van der Waals surface area contributed by atoms with Crippen LogP contribution in [0.15, 0.2) is 24.3 Å². The fraction of sp³-hybridized carbons (Fsp3) is 0.300. The van der Waals surface area contributed by atoms with E-state index < -0.39 is 10.0 Å². The average Bonchev–Trinajstić information content (AvgIpc) is 2.15. The molecule has 1 rings (SSSR count). The first-order chi connectivity index (χ1) is 6.45. The standard InChI is InChI=1S/C10H14NO2S/c1-4-9-5-7-10(8-6-9)11(2)14(3,12)13/h5-8H,1,4H2,2-3H3. The number of rotatable bonds is 3. The van der Waals surface area contributed by atoms with Gasteiger partial charge in [-0.15, -0.1) is 0 Å². The molecule has 0 fully saturated rings. The molecule has 0 heterocycles. The molecule has 0 bridgehead atoms. The third kappa shape index (κ3) is 2.48. The Morgan fingerprint density at radius 3 is 2.14 bits per heavy atom. The largest absolute Gasteiger partial charge is 0.274 e. The SMILES string of the molecule is [CH2]Cc1ccc(N(C)S(C)(=O)=O)cc1. The van der Waals surface area contributed by atoms with Gasteiger partial charge in [-0.2, -0.15) is 0 Å². The summed E-state index contributed by atoms with van der Waals surface area (Å²) in [7, 11) is -1.62. The Bertz CT molecular complexity index is 395. The van der Waals surface area contributed by atoms with Gasteiger partial charge < -0.3 is 0 Å². The highest BCUT2D eigenvalue weighted by atomic mass is 32.2. The summed E-state index contributed by atoms with van der Waals surface area (Å²) in [5, 5.41) is 0. The molecule has 0 aliphatic carbocycles. The molecule has 1 aromatic carbocycles. The maximum Gasteiger partial charge on any atom is 0.231 e. The summed E-state index contributed by atoms with van der Waals surface area (Å²) in [6, 6.07) is 7.32. The molecule has 0 aromatic heterocycles. The molecular weight excluding hydrogens is 198 g/mol. The minimum atomic E-state index is -3.16. The van der Waals surface area contributed by atoms with E-state index in [2.05, 4.69) is 6.92 Å². The second kappa shape index (κ2) is 4.00. The Balaban J connectivity index is 2.98. The van der Waals surface area contributed by atoms with Gasteiger partial charge in [0, 0.05) is 7.05 Å². The molecule has 0 atom stereocenters. The molecule has 0 N–H and O–H groups in total. The molecule has 1 radical (unpaired) electrons. The van der Waals surface area contributed by atoms with Gasteiger partial charge in [-0.1, -0.05) is 12.1 Å². The summed E-state index contributed by atoms with van der Waals surface area (Å²) < 4.78 is 23.6. The molecule has 0 saturated carbocycles. The van der Waals surface area contributed by atoms with E-state index in [0.29, 0.717) is 12.1 Å². The highest BCUT2D eigenvalue weighted by Crippen LogP contribution is 2.16. The molecule has 3 nitrogen and oxygen atoms in total. The van der Waals surface area contributed by atoms with Crippen LogP contribution in [0.4, 0.5) is 5.69 Å². The number of hydrogen-bond acceptors (Lipinski definition) is 2. The van der Waals surface area contributed by atoms with Crippen molar-refractivity contribution in [3.05, 3.63) is 36.8 Å². The number of sulfonamides is 1. The van der Waals surface area contributed by atoms with Gasteiger partial charge in [0.25, 0.3) is 0 Å². The molecule has 0 saturated heterocycles. The fourth-order valence-corrected chi connectivity index (χ4v) is 1.57. The average molecular weight is 212 g/mol. The molecule has 14 heavy (non-hydrogen) atoms. The fourth-order valence-electron chi connectivity index (χ4n) is 1.06. The molecule has 4 heteroatoms. The van der Waals surface area contributed by atoms with Crippen molar-refractivity contribution in [2.45, 2.75) is 6.42 Å². The third-order valence-corrected chi connectivity index (χ3v) is 3.29. The van der Waals surface area contributed by atoms with Crippen LogP contribution in [0.25, 0.3) is 0 Å². The number of hydrogen-bond donors (Lipinski definition) is 0. The first-order valence-electron chi connectivity index (χ1n) is 4.27. The van der Waals surface area contributed by atoms with Crippen molar-refractivity contribution in [1.29, 1.82) is 0 Å². The van der Waals surface area contributed by atoms with Gasteiger partial charge in [0.2, 0.25) is 10.0 Å². The summed E-state index contributed by atoms with van der Waals surface area (Å²) in [6.07, 6.45) is 1.89. The second-order valence-electron chi connectivity index (χ2n) is 3.15. The lowest BCUT2D eigenvalue weighted by molar-refractivity contribution is 0.600. The third-order valence-electron chi connectivity index (χ3n) is 2.09. The van der Waals surface area contributed by atoms with Crippen LogP contribution in [-0.2, 0) is 16.4 Å². The predicted octanol–water partition coefficient (Wildman–Crippen LogP) is 1.46. The quantitative estimate of drug-likeness (QED) is 0.760. The molecule has 0 aliphatic heterocycles. The molecule has 0 unspecified atom stereocenters. The topological polar surface area (TPSA) is 37.4 Å². The van der Waals surface area contributed by atoms with E-state index in [9.17, 15) is 8.42 Å². The summed E-state index contributed by atoms with van der Waals surface area (Å²) >= 11 is 0. The van der Waals surface area contributed by atoms with Crippen LogP contribution in [0, 0.1) is 6.92 Å². The maximum atomic E-state index is 11.2.